The van der Waals surface area contributed by atoms with Gasteiger partial charge in [-0.15, -0.1) is 0 Å². The van der Waals surface area contributed by atoms with E-state index in [-0.39, 0.29) is 18.7 Å². The summed E-state index contributed by atoms with van der Waals surface area (Å²) in [4.78, 5) is 4.24. The molecule has 1 fully saturated rings. The summed E-state index contributed by atoms with van der Waals surface area (Å²) >= 11 is 0. The van der Waals surface area contributed by atoms with Crippen LogP contribution in [0.4, 0.5) is 0 Å². The quantitative estimate of drug-likeness (QED) is 0.249. The van der Waals surface area contributed by atoms with E-state index in [1.807, 2.05) is 91.0 Å². The van der Waals surface area contributed by atoms with Crippen LogP contribution in [0, 0.1) is 22.7 Å². The number of aromatic nitrogens is 2. The van der Waals surface area contributed by atoms with Gasteiger partial charge in [-0.25, -0.2) is 4.98 Å². The van der Waals surface area contributed by atoms with Crippen LogP contribution in [0.25, 0.3) is 0 Å². The molecule has 5 rings (SSSR count). The third kappa shape index (κ3) is 6.63. The molecule has 0 bridgehead atoms. The predicted octanol–water partition coefficient (Wildman–Crippen LogP) is 5.11. The van der Waals surface area contributed by atoms with E-state index < -0.39 is 24.5 Å². The van der Waals surface area contributed by atoms with Crippen molar-refractivity contribution in [3.63, 3.8) is 0 Å². The van der Waals surface area contributed by atoms with Crippen molar-refractivity contribution in [1.82, 2.24) is 9.55 Å². The van der Waals surface area contributed by atoms with Gasteiger partial charge in [-0.05, 0) is 16.7 Å². The zero-order valence-electron chi connectivity index (χ0n) is 22.0. The molecule has 40 heavy (non-hydrogen) atoms. The zero-order valence-corrected chi connectivity index (χ0v) is 22.0. The first kappa shape index (κ1) is 27.3. The van der Waals surface area contributed by atoms with Crippen LogP contribution in [0.5, 0.6) is 0 Å². The van der Waals surface area contributed by atoms with Gasteiger partial charge in [0.05, 0.1) is 50.9 Å². The first-order valence-corrected chi connectivity index (χ1v) is 13.2. The van der Waals surface area contributed by atoms with Gasteiger partial charge < -0.3 is 23.5 Å². The fourth-order valence-electron chi connectivity index (χ4n) is 4.79. The van der Waals surface area contributed by atoms with E-state index in [1.54, 1.807) is 4.57 Å². The van der Waals surface area contributed by atoms with Gasteiger partial charge in [-0.3, -0.25) is 0 Å². The molecule has 8 nitrogen and oxygen atoms in total. The Morgan fingerprint density at radius 3 is 1.85 bits per heavy atom. The molecule has 0 unspecified atom stereocenters. The largest absolute Gasteiger partial charge is 0.374 e. The number of ether oxygens (including phenoxy) is 4. The van der Waals surface area contributed by atoms with Gasteiger partial charge in [-0.1, -0.05) is 91.0 Å². The van der Waals surface area contributed by atoms with Crippen molar-refractivity contribution in [3.8, 4) is 12.1 Å². The highest BCUT2D eigenvalue weighted by Crippen LogP contribution is 2.36. The first-order chi connectivity index (χ1) is 19.8. The van der Waals surface area contributed by atoms with Crippen LogP contribution >= 0.6 is 0 Å². The van der Waals surface area contributed by atoms with Crippen molar-refractivity contribution in [1.29, 1.82) is 10.5 Å². The highest BCUT2D eigenvalue weighted by molar-refractivity contribution is 5.29. The van der Waals surface area contributed by atoms with E-state index in [2.05, 4.69) is 17.1 Å². The van der Waals surface area contributed by atoms with Crippen molar-refractivity contribution in [2.24, 2.45) is 0 Å². The van der Waals surface area contributed by atoms with Crippen LogP contribution < -0.4 is 0 Å². The SMILES string of the molecule is N#CCc1c(C#N)ncn1[C@@H]1O[C@H](COCc2ccccc2)[C@@H](OCc2ccccc2)[C@@H]1OCc1ccccc1. The smallest absolute Gasteiger partial charge is 0.164 e. The third-order valence-corrected chi connectivity index (χ3v) is 6.77. The number of hydrogen-bond acceptors (Lipinski definition) is 7. The maximum atomic E-state index is 9.61. The second-order valence-corrected chi connectivity index (χ2v) is 9.48. The van der Waals surface area contributed by atoms with Gasteiger partial charge in [-0.2, -0.15) is 10.5 Å². The monoisotopic (exact) mass is 534 g/mol. The fourth-order valence-corrected chi connectivity index (χ4v) is 4.79. The van der Waals surface area contributed by atoms with Crippen molar-refractivity contribution < 1.29 is 18.9 Å². The normalized spacial score (nSPS) is 20.1. The summed E-state index contributed by atoms with van der Waals surface area (Å²) in [5.41, 5.74) is 3.76. The first-order valence-electron chi connectivity index (χ1n) is 13.2. The second-order valence-electron chi connectivity index (χ2n) is 9.48. The lowest BCUT2D eigenvalue weighted by Gasteiger charge is -2.26. The van der Waals surface area contributed by atoms with Crippen LogP contribution in [0.3, 0.4) is 0 Å². The van der Waals surface area contributed by atoms with Crippen LogP contribution in [-0.2, 0) is 45.2 Å². The molecule has 4 aromatic rings. The minimum atomic E-state index is -0.673. The van der Waals surface area contributed by atoms with Crippen LogP contribution in [0.1, 0.15) is 34.3 Å². The lowest BCUT2D eigenvalue weighted by Crippen LogP contribution is -2.38. The van der Waals surface area contributed by atoms with Crippen molar-refractivity contribution >= 4 is 0 Å². The van der Waals surface area contributed by atoms with Gasteiger partial charge in [0.25, 0.3) is 0 Å². The summed E-state index contributed by atoms with van der Waals surface area (Å²) in [6, 6.07) is 34.0. The molecule has 1 aromatic heterocycles. The minimum absolute atomic E-state index is 0.0128. The molecule has 1 saturated heterocycles. The molecule has 2 heterocycles. The fraction of sp³-hybridized carbons (Fsp3) is 0.281. The molecule has 1 aliphatic heterocycles. The molecular weight excluding hydrogens is 504 g/mol. The number of benzene rings is 3. The molecule has 1 aliphatic rings. The van der Waals surface area contributed by atoms with Gasteiger partial charge >= 0.3 is 0 Å². The minimum Gasteiger partial charge on any atom is -0.374 e. The average molecular weight is 535 g/mol. The standard InChI is InChI=1S/C32H30N4O4/c33-17-16-28-27(18-34)35-23-36(28)32-31(39-21-26-14-8-3-9-15-26)30(38-20-25-12-6-2-7-13-25)29(40-32)22-37-19-24-10-4-1-5-11-24/h1-15,23,29-32H,16,19-22H2/t29-,30-,31+,32-/m1/s1. The lowest BCUT2D eigenvalue weighted by molar-refractivity contribution is -0.0918. The zero-order chi connectivity index (χ0) is 27.6. The molecule has 202 valence electrons. The van der Waals surface area contributed by atoms with Crippen LogP contribution in [-0.4, -0.2) is 34.5 Å². The highest BCUT2D eigenvalue weighted by Gasteiger charge is 2.48. The Morgan fingerprint density at radius 2 is 1.30 bits per heavy atom. The molecule has 0 N–H and O–H groups in total. The molecule has 4 atom stereocenters. The van der Waals surface area contributed by atoms with E-state index in [0.717, 1.165) is 16.7 Å². The molecular formula is C32H30N4O4. The Bertz CT molecular complexity index is 1430. The van der Waals surface area contributed by atoms with Crippen LogP contribution in [0.2, 0.25) is 0 Å². The molecule has 0 aliphatic carbocycles. The van der Waals surface area contributed by atoms with E-state index in [4.69, 9.17) is 18.9 Å². The van der Waals surface area contributed by atoms with E-state index in [0.29, 0.717) is 25.5 Å². The third-order valence-electron chi connectivity index (χ3n) is 6.77. The Kier molecular flexibility index (Phi) is 9.31. The summed E-state index contributed by atoms with van der Waals surface area (Å²) in [6.07, 6.45) is -0.649. The summed E-state index contributed by atoms with van der Waals surface area (Å²) in [5, 5.41) is 19.1. The number of imidazole rings is 1. The molecule has 0 saturated carbocycles. The molecule has 0 amide bonds. The molecule has 0 radical (unpaired) electrons. The number of hydrogen-bond donors (Lipinski definition) is 0. The Hall–Kier alpha value is -4.31. The summed E-state index contributed by atoms with van der Waals surface area (Å²) in [7, 11) is 0. The average Bonchev–Trinajstić information content (AvgIpc) is 3.57. The van der Waals surface area contributed by atoms with Crippen LogP contribution in [0.15, 0.2) is 97.3 Å². The Labute approximate surface area is 233 Å². The van der Waals surface area contributed by atoms with E-state index in [1.165, 1.54) is 6.33 Å². The second kappa shape index (κ2) is 13.7. The van der Waals surface area contributed by atoms with Gasteiger partial charge in [0, 0.05) is 0 Å². The maximum absolute atomic E-state index is 9.61. The Morgan fingerprint density at radius 1 is 0.750 bits per heavy atom. The Balaban J connectivity index is 1.43. The van der Waals surface area contributed by atoms with E-state index in [9.17, 15) is 10.5 Å². The lowest BCUT2D eigenvalue weighted by atomic mass is 10.1. The van der Waals surface area contributed by atoms with Gasteiger partial charge in [0.15, 0.2) is 11.9 Å². The van der Waals surface area contributed by atoms with Gasteiger partial charge in [0.2, 0.25) is 0 Å². The molecule has 8 heteroatoms. The van der Waals surface area contributed by atoms with Crippen molar-refractivity contribution in [3.05, 3.63) is 125 Å². The van der Waals surface area contributed by atoms with E-state index >= 15 is 0 Å². The predicted molar refractivity (Wildman–Crippen MR) is 146 cm³/mol. The van der Waals surface area contributed by atoms with Crippen molar-refractivity contribution in [2.45, 2.75) is 50.8 Å². The number of nitrogens with zero attached hydrogens (tertiary/aromatic N) is 4. The van der Waals surface area contributed by atoms with Crippen molar-refractivity contribution in [2.75, 3.05) is 6.61 Å². The van der Waals surface area contributed by atoms with Gasteiger partial charge in [0.1, 0.15) is 24.4 Å². The summed E-state index contributed by atoms with van der Waals surface area (Å²) in [6.45, 7) is 1.39. The summed E-state index contributed by atoms with van der Waals surface area (Å²) in [5.74, 6) is 0. The number of rotatable bonds is 12. The number of nitriles is 2. The maximum Gasteiger partial charge on any atom is 0.164 e. The summed E-state index contributed by atoms with van der Waals surface area (Å²) < 4.78 is 27.4. The topological polar surface area (TPSA) is 102 Å². The molecule has 0 spiro atoms. The highest BCUT2D eigenvalue weighted by atomic mass is 16.6. The molecule has 3 aromatic carbocycles.